The average Bonchev–Trinajstić information content (AvgIpc) is 2.76. The fourth-order valence-electron chi connectivity index (χ4n) is 3.97. The largest absolute Gasteiger partial charge is 0.486 e. The first kappa shape index (κ1) is 24.1. The van der Waals surface area contributed by atoms with E-state index in [0.29, 0.717) is 36.2 Å². The number of hydrogen-bond donors (Lipinski definition) is 1. The molecule has 0 aliphatic carbocycles. The van der Waals surface area contributed by atoms with E-state index >= 15 is 0 Å². The number of ether oxygens (including phenoxy) is 2. The van der Waals surface area contributed by atoms with Gasteiger partial charge in [0.15, 0.2) is 11.5 Å². The predicted octanol–water partition coefficient (Wildman–Crippen LogP) is 3.33. The summed E-state index contributed by atoms with van der Waals surface area (Å²) in [5.74, 6) is 1.24. The van der Waals surface area contributed by atoms with Crippen molar-refractivity contribution in [2.24, 2.45) is 0 Å². The number of fused-ring (bicyclic) bond motifs is 1. The van der Waals surface area contributed by atoms with Crippen molar-refractivity contribution in [1.82, 2.24) is 9.62 Å². The van der Waals surface area contributed by atoms with Gasteiger partial charge >= 0.3 is 0 Å². The summed E-state index contributed by atoms with van der Waals surface area (Å²) in [7, 11) is -2.02. The van der Waals surface area contributed by atoms with E-state index < -0.39 is 10.0 Å². The van der Waals surface area contributed by atoms with E-state index in [-0.39, 0.29) is 18.9 Å². The number of nitrogens with one attached hydrogen (secondary N) is 1. The highest BCUT2D eigenvalue weighted by atomic mass is 32.2. The van der Waals surface area contributed by atoms with Crippen LogP contribution in [0, 0.1) is 34.6 Å². The number of carbonyl (C=O) groups excluding carboxylic acids is 1. The Morgan fingerprint density at radius 2 is 1.50 bits per heavy atom. The van der Waals surface area contributed by atoms with E-state index in [1.54, 1.807) is 11.9 Å². The third-order valence-corrected chi connectivity index (χ3v) is 8.02. The van der Waals surface area contributed by atoms with Crippen LogP contribution in [0.5, 0.6) is 11.5 Å². The van der Waals surface area contributed by atoms with Gasteiger partial charge in [-0.25, -0.2) is 13.1 Å². The van der Waals surface area contributed by atoms with Crippen molar-refractivity contribution in [1.29, 1.82) is 0 Å². The molecule has 2 aromatic rings. The second-order valence-electron chi connectivity index (χ2n) is 8.33. The Kier molecular flexibility index (Phi) is 7.15. The molecule has 0 fully saturated rings. The monoisotopic (exact) mass is 460 g/mol. The summed E-state index contributed by atoms with van der Waals surface area (Å²) in [5.41, 5.74) is 5.48. The molecule has 8 heteroatoms. The summed E-state index contributed by atoms with van der Waals surface area (Å²) in [4.78, 5) is 14.5. The molecule has 1 aliphatic heterocycles. The van der Waals surface area contributed by atoms with Gasteiger partial charge in [-0.3, -0.25) is 4.79 Å². The van der Waals surface area contributed by atoms with Crippen molar-refractivity contribution in [3.05, 3.63) is 51.6 Å². The van der Waals surface area contributed by atoms with Crippen LogP contribution in [0.3, 0.4) is 0 Å². The number of amides is 1. The minimum atomic E-state index is -3.73. The maximum absolute atomic E-state index is 13.0. The second kappa shape index (κ2) is 9.50. The third-order valence-electron chi connectivity index (χ3n) is 6.28. The Hall–Kier alpha value is -2.58. The Labute approximate surface area is 190 Å². The van der Waals surface area contributed by atoms with Gasteiger partial charge in [0.05, 0.1) is 4.90 Å². The lowest BCUT2D eigenvalue weighted by Crippen LogP contribution is -2.32. The Morgan fingerprint density at radius 3 is 2.12 bits per heavy atom. The van der Waals surface area contributed by atoms with Crippen molar-refractivity contribution in [3.8, 4) is 11.5 Å². The van der Waals surface area contributed by atoms with Crippen molar-refractivity contribution >= 4 is 15.9 Å². The first-order chi connectivity index (χ1) is 15.0. The van der Waals surface area contributed by atoms with Crippen LogP contribution in [0.2, 0.25) is 0 Å². The molecule has 0 atom stereocenters. The molecule has 2 aromatic carbocycles. The van der Waals surface area contributed by atoms with Gasteiger partial charge in [-0.05, 0) is 80.1 Å². The van der Waals surface area contributed by atoms with Crippen molar-refractivity contribution in [2.45, 2.75) is 52.5 Å². The third kappa shape index (κ3) is 4.91. The molecule has 0 radical (unpaired) electrons. The normalized spacial score (nSPS) is 13.2. The summed E-state index contributed by atoms with van der Waals surface area (Å²) >= 11 is 0. The van der Waals surface area contributed by atoms with Crippen LogP contribution in [-0.4, -0.2) is 46.0 Å². The minimum Gasteiger partial charge on any atom is -0.486 e. The zero-order valence-electron chi connectivity index (χ0n) is 19.7. The lowest BCUT2D eigenvalue weighted by Gasteiger charge is -2.21. The second-order valence-corrected chi connectivity index (χ2v) is 10.0. The lowest BCUT2D eigenvalue weighted by atomic mass is 9.95. The van der Waals surface area contributed by atoms with Crippen LogP contribution in [-0.2, 0) is 21.4 Å². The van der Waals surface area contributed by atoms with Crippen molar-refractivity contribution in [2.75, 3.05) is 26.8 Å². The van der Waals surface area contributed by atoms with E-state index in [1.165, 1.54) is 0 Å². The summed E-state index contributed by atoms with van der Waals surface area (Å²) < 4.78 is 39.7. The van der Waals surface area contributed by atoms with Crippen LogP contribution < -0.4 is 14.2 Å². The van der Waals surface area contributed by atoms with E-state index in [9.17, 15) is 13.2 Å². The highest BCUT2D eigenvalue weighted by Crippen LogP contribution is 2.31. The summed E-state index contributed by atoms with van der Waals surface area (Å²) in [6.45, 7) is 11.0. The topological polar surface area (TPSA) is 84.9 Å². The molecule has 0 aromatic heterocycles. The van der Waals surface area contributed by atoms with Crippen LogP contribution in [0.15, 0.2) is 23.1 Å². The zero-order chi connectivity index (χ0) is 23.6. The van der Waals surface area contributed by atoms with Gasteiger partial charge in [-0.2, -0.15) is 0 Å². The standard InChI is InChI=1S/C24H32N2O5S/c1-15-16(2)18(4)24(19(5)17(15)3)32(28,29)25-10-9-23(27)26(6)14-20-7-8-21-22(13-20)31-12-11-30-21/h7-8,13,25H,9-12,14H2,1-6H3. The van der Waals surface area contributed by atoms with Crippen LogP contribution in [0.1, 0.15) is 39.8 Å². The molecule has 0 bridgehead atoms. The van der Waals surface area contributed by atoms with Gasteiger partial charge < -0.3 is 14.4 Å². The van der Waals surface area contributed by atoms with Gasteiger partial charge in [0, 0.05) is 26.6 Å². The number of sulfonamides is 1. The molecule has 0 saturated carbocycles. The molecule has 174 valence electrons. The van der Waals surface area contributed by atoms with Gasteiger partial charge in [-0.15, -0.1) is 0 Å². The molecule has 1 amide bonds. The van der Waals surface area contributed by atoms with Crippen LogP contribution in [0.25, 0.3) is 0 Å². The van der Waals surface area contributed by atoms with Crippen molar-refractivity contribution < 1.29 is 22.7 Å². The summed E-state index contributed by atoms with van der Waals surface area (Å²) in [6, 6.07) is 5.61. The number of hydrogen-bond acceptors (Lipinski definition) is 5. The van der Waals surface area contributed by atoms with E-state index in [2.05, 4.69) is 4.72 Å². The number of rotatable bonds is 7. The Morgan fingerprint density at radius 1 is 0.938 bits per heavy atom. The average molecular weight is 461 g/mol. The first-order valence-electron chi connectivity index (χ1n) is 10.7. The zero-order valence-corrected chi connectivity index (χ0v) is 20.5. The molecule has 7 nitrogen and oxygen atoms in total. The summed E-state index contributed by atoms with van der Waals surface area (Å²) in [5, 5.41) is 0. The van der Waals surface area contributed by atoms with E-state index in [1.807, 2.05) is 52.8 Å². The SMILES string of the molecule is Cc1c(C)c(C)c(S(=O)(=O)NCCC(=O)N(C)Cc2ccc3c(c2)OCCO3)c(C)c1C. The molecular formula is C24H32N2O5S. The maximum atomic E-state index is 13.0. The molecule has 3 rings (SSSR count). The number of carbonyl (C=O) groups is 1. The lowest BCUT2D eigenvalue weighted by molar-refractivity contribution is -0.130. The quantitative estimate of drug-likeness (QED) is 0.685. The van der Waals surface area contributed by atoms with Gasteiger partial charge in [-0.1, -0.05) is 6.07 Å². The van der Waals surface area contributed by atoms with E-state index in [0.717, 1.165) is 33.4 Å². The molecule has 1 N–H and O–H groups in total. The predicted molar refractivity (Wildman–Crippen MR) is 124 cm³/mol. The smallest absolute Gasteiger partial charge is 0.241 e. The minimum absolute atomic E-state index is 0.0392. The summed E-state index contributed by atoms with van der Waals surface area (Å²) in [6.07, 6.45) is 0.0716. The molecule has 1 aliphatic rings. The maximum Gasteiger partial charge on any atom is 0.241 e. The molecule has 1 heterocycles. The Balaban J connectivity index is 1.62. The molecule has 0 spiro atoms. The highest BCUT2D eigenvalue weighted by molar-refractivity contribution is 7.89. The number of nitrogens with zero attached hydrogens (tertiary/aromatic N) is 1. The molecule has 0 unspecified atom stereocenters. The van der Waals surface area contributed by atoms with Gasteiger partial charge in [0.1, 0.15) is 13.2 Å². The highest BCUT2D eigenvalue weighted by Gasteiger charge is 2.24. The van der Waals surface area contributed by atoms with Gasteiger partial charge in [0.25, 0.3) is 0 Å². The van der Waals surface area contributed by atoms with Gasteiger partial charge in [0.2, 0.25) is 15.9 Å². The fraction of sp³-hybridized carbons (Fsp3) is 0.458. The first-order valence-corrected chi connectivity index (χ1v) is 12.2. The van der Waals surface area contributed by atoms with Crippen LogP contribution in [0.4, 0.5) is 0 Å². The van der Waals surface area contributed by atoms with E-state index in [4.69, 9.17) is 9.47 Å². The Bertz CT molecular complexity index is 1110. The molecule has 0 saturated heterocycles. The molecular weight excluding hydrogens is 428 g/mol. The number of benzene rings is 2. The fourth-order valence-corrected chi connectivity index (χ4v) is 5.60. The van der Waals surface area contributed by atoms with Crippen LogP contribution >= 0.6 is 0 Å². The molecule has 32 heavy (non-hydrogen) atoms. The van der Waals surface area contributed by atoms with Crippen molar-refractivity contribution in [3.63, 3.8) is 0 Å².